The maximum Gasteiger partial charge on any atom is 0.412 e. The normalized spacial score (nSPS) is 13.7. The van der Waals surface area contributed by atoms with Crippen molar-refractivity contribution in [1.82, 2.24) is 0 Å². The molecule has 1 aromatic carbocycles. The quantitative estimate of drug-likeness (QED) is 0.792. The number of nitrogens with zero attached hydrogens (tertiary/aromatic N) is 1. The summed E-state index contributed by atoms with van der Waals surface area (Å²) in [6, 6.07) is 4.82. The van der Waals surface area contributed by atoms with Gasteiger partial charge >= 0.3 is 12.1 Å². The molecule has 2 amide bonds. The second kappa shape index (κ2) is 8.28. The Morgan fingerprint density at radius 3 is 2.63 bits per heavy atom. The van der Waals surface area contributed by atoms with E-state index in [2.05, 4.69) is 5.32 Å². The van der Waals surface area contributed by atoms with Crippen LogP contribution in [0.4, 0.5) is 16.2 Å². The van der Waals surface area contributed by atoms with Crippen molar-refractivity contribution >= 4 is 29.3 Å². The zero-order chi connectivity index (χ0) is 20.2. The zero-order valence-corrected chi connectivity index (χ0v) is 16.3. The van der Waals surface area contributed by atoms with Crippen LogP contribution in [-0.4, -0.2) is 43.3 Å². The first-order valence-corrected chi connectivity index (χ1v) is 8.78. The minimum absolute atomic E-state index is 0.163. The van der Waals surface area contributed by atoms with Crippen molar-refractivity contribution in [2.45, 2.75) is 40.2 Å². The highest BCUT2D eigenvalue weighted by molar-refractivity contribution is 6.02. The number of rotatable bonds is 5. The van der Waals surface area contributed by atoms with E-state index >= 15 is 0 Å². The van der Waals surface area contributed by atoms with E-state index in [1.165, 1.54) is 4.90 Å². The predicted octanol–water partition coefficient (Wildman–Crippen LogP) is 2.96. The molecule has 1 heterocycles. The lowest BCUT2D eigenvalue weighted by molar-refractivity contribution is -0.144. The maximum absolute atomic E-state index is 12.2. The number of amides is 2. The van der Waals surface area contributed by atoms with Gasteiger partial charge in [0.15, 0.2) is 6.61 Å². The lowest BCUT2D eigenvalue weighted by Gasteiger charge is -2.29. The fraction of sp³-hybridized carbons (Fsp3) is 0.526. The third-order valence-electron chi connectivity index (χ3n) is 3.41. The Morgan fingerprint density at radius 2 is 2.00 bits per heavy atom. The minimum Gasteiger partial charge on any atom is -0.482 e. The largest absolute Gasteiger partial charge is 0.482 e. The van der Waals surface area contributed by atoms with Crippen LogP contribution in [-0.2, 0) is 19.1 Å². The summed E-state index contributed by atoms with van der Waals surface area (Å²) in [4.78, 5) is 37.5. The number of ether oxygens (including phenoxy) is 3. The molecule has 0 saturated heterocycles. The van der Waals surface area contributed by atoms with Gasteiger partial charge in [-0.1, -0.05) is 13.8 Å². The van der Waals surface area contributed by atoms with Crippen molar-refractivity contribution in [3.05, 3.63) is 18.2 Å². The van der Waals surface area contributed by atoms with Gasteiger partial charge in [-0.3, -0.25) is 19.8 Å². The lowest BCUT2D eigenvalue weighted by atomic mass is 10.2. The van der Waals surface area contributed by atoms with E-state index in [1.807, 2.05) is 13.8 Å². The minimum atomic E-state index is -0.635. The fourth-order valence-electron chi connectivity index (χ4n) is 2.31. The van der Waals surface area contributed by atoms with Gasteiger partial charge in [0.2, 0.25) is 0 Å². The molecule has 0 saturated carbocycles. The van der Waals surface area contributed by atoms with Crippen LogP contribution in [0, 0.1) is 5.92 Å². The number of carbonyl (C=O) groups excluding carboxylic acids is 3. The third-order valence-corrected chi connectivity index (χ3v) is 3.41. The molecule has 0 aliphatic carbocycles. The number of esters is 1. The molecule has 8 nitrogen and oxygen atoms in total. The predicted molar refractivity (Wildman–Crippen MR) is 99.9 cm³/mol. The Hall–Kier alpha value is -2.77. The Morgan fingerprint density at radius 1 is 1.30 bits per heavy atom. The molecule has 1 N–H and O–H groups in total. The topological polar surface area (TPSA) is 94.2 Å². The van der Waals surface area contributed by atoms with Crippen LogP contribution in [0.15, 0.2) is 18.2 Å². The highest BCUT2D eigenvalue weighted by atomic mass is 16.6. The molecule has 1 aromatic rings. The van der Waals surface area contributed by atoms with E-state index < -0.39 is 17.7 Å². The Labute approximate surface area is 158 Å². The van der Waals surface area contributed by atoms with Crippen LogP contribution >= 0.6 is 0 Å². The molecule has 8 heteroatoms. The number of hydrogen-bond acceptors (Lipinski definition) is 6. The number of anilines is 2. The van der Waals surface area contributed by atoms with Gasteiger partial charge in [-0.25, -0.2) is 4.79 Å². The van der Waals surface area contributed by atoms with E-state index in [4.69, 9.17) is 14.2 Å². The Kier molecular flexibility index (Phi) is 6.30. The van der Waals surface area contributed by atoms with Gasteiger partial charge in [-0.15, -0.1) is 0 Å². The second-order valence-corrected chi connectivity index (χ2v) is 7.65. The van der Waals surface area contributed by atoms with Crippen LogP contribution in [0.2, 0.25) is 0 Å². The molecule has 27 heavy (non-hydrogen) atoms. The van der Waals surface area contributed by atoms with Crippen molar-refractivity contribution in [3.8, 4) is 5.75 Å². The first kappa shape index (κ1) is 20.5. The van der Waals surface area contributed by atoms with Crippen LogP contribution in [0.25, 0.3) is 0 Å². The molecule has 148 valence electrons. The zero-order valence-electron chi connectivity index (χ0n) is 16.3. The summed E-state index contributed by atoms with van der Waals surface area (Å²) in [6.07, 6.45) is -0.617. The van der Waals surface area contributed by atoms with Gasteiger partial charge in [-0.2, -0.15) is 0 Å². The SMILES string of the molecule is CC(C)COC(=O)CN1C(=O)COc2ccc(NC(=O)OC(C)(C)C)cc21. The molecule has 0 atom stereocenters. The lowest BCUT2D eigenvalue weighted by Crippen LogP contribution is -2.42. The Balaban J connectivity index is 2.15. The first-order chi connectivity index (χ1) is 12.5. The molecule has 1 aliphatic heterocycles. The summed E-state index contributed by atoms with van der Waals surface area (Å²) in [5.41, 5.74) is 0.173. The van der Waals surface area contributed by atoms with Crippen LogP contribution in [0.1, 0.15) is 34.6 Å². The van der Waals surface area contributed by atoms with Crippen LogP contribution in [0.3, 0.4) is 0 Å². The summed E-state index contributed by atoms with van der Waals surface area (Å²) in [5.74, 6) is -0.221. The van der Waals surface area contributed by atoms with E-state index in [-0.39, 0.29) is 31.6 Å². The van der Waals surface area contributed by atoms with E-state index in [0.717, 1.165) is 0 Å². The molecule has 0 aromatic heterocycles. The monoisotopic (exact) mass is 378 g/mol. The summed E-state index contributed by atoms with van der Waals surface area (Å²) < 4.78 is 15.8. The fourth-order valence-corrected chi connectivity index (χ4v) is 2.31. The molecule has 0 unspecified atom stereocenters. The molecular formula is C19H26N2O6. The van der Waals surface area contributed by atoms with Crippen molar-refractivity contribution < 1.29 is 28.6 Å². The Bertz CT molecular complexity index is 723. The molecule has 0 radical (unpaired) electrons. The average molecular weight is 378 g/mol. The molecule has 0 fully saturated rings. The van der Waals surface area contributed by atoms with E-state index in [1.54, 1.807) is 39.0 Å². The standard InChI is InChI=1S/C19H26N2O6/c1-12(2)10-26-17(23)9-21-14-8-13(20-18(24)27-19(3,4)5)6-7-15(14)25-11-16(21)22/h6-8,12H,9-11H2,1-5H3,(H,20,24). The smallest absolute Gasteiger partial charge is 0.412 e. The molecule has 1 aliphatic rings. The van der Waals surface area contributed by atoms with Gasteiger partial charge in [0.1, 0.15) is 17.9 Å². The van der Waals surface area contributed by atoms with Gasteiger partial charge in [0.05, 0.1) is 12.3 Å². The van der Waals surface area contributed by atoms with E-state index in [0.29, 0.717) is 17.1 Å². The van der Waals surface area contributed by atoms with Gasteiger partial charge in [0, 0.05) is 5.69 Å². The number of hydrogen-bond donors (Lipinski definition) is 1. The second-order valence-electron chi connectivity index (χ2n) is 7.65. The van der Waals surface area contributed by atoms with Gasteiger partial charge < -0.3 is 14.2 Å². The molecular weight excluding hydrogens is 352 g/mol. The number of benzene rings is 1. The van der Waals surface area contributed by atoms with Crippen LogP contribution in [0.5, 0.6) is 5.75 Å². The van der Waals surface area contributed by atoms with Crippen molar-refractivity contribution in [2.75, 3.05) is 30.0 Å². The summed E-state index contributed by atoms with van der Waals surface area (Å²) in [6.45, 7) is 9.03. The number of fused-ring (bicyclic) bond motifs is 1. The molecule has 2 rings (SSSR count). The van der Waals surface area contributed by atoms with E-state index in [9.17, 15) is 14.4 Å². The summed E-state index contributed by atoms with van der Waals surface area (Å²) in [5, 5.41) is 2.61. The van der Waals surface area contributed by atoms with Crippen molar-refractivity contribution in [2.24, 2.45) is 5.92 Å². The highest BCUT2D eigenvalue weighted by Crippen LogP contribution is 2.34. The van der Waals surface area contributed by atoms with Crippen LogP contribution < -0.4 is 15.0 Å². The number of nitrogens with one attached hydrogen (secondary N) is 1. The first-order valence-electron chi connectivity index (χ1n) is 8.78. The molecule has 0 bridgehead atoms. The average Bonchev–Trinajstić information content (AvgIpc) is 2.54. The highest BCUT2D eigenvalue weighted by Gasteiger charge is 2.28. The molecule has 0 spiro atoms. The summed E-state index contributed by atoms with van der Waals surface area (Å²) in [7, 11) is 0. The summed E-state index contributed by atoms with van der Waals surface area (Å²) >= 11 is 0. The van der Waals surface area contributed by atoms with Crippen molar-refractivity contribution in [1.29, 1.82) is 0 Å². The van der Waals surface area contributed by atoms with Gasteiger partial charge in [0.25, 0.3) is 5.91 Å². The van der Waals surface area contributed by atoms with Crippen molar-refractivity contribution in [3.63, 3.8) is 0 Å². The van der Waals surface area contributed by atoms with Gasteiger partial charge in [-0.05, 0) is 44.9 Å². The maximum atomic E-state index is 12.2. The third kappa shape index (κ3) is 6.16. The number of carbonyl (C=O) groups is 3.